The zero-order chi connectivity index (χ0) is 24.9. The molecule has 0 saturated carbocycles. The number of halogens is 2. The van der Waals surface area contributed by atoms with Crippen molar-refractivity contribution in [2.24, 2.45) is 0 Å². The Bertz CT molecular complexity index is 1270. The Morgan fingerprint density at radius 1 is 1.09 bits per heavy atom. The lowest BCUT2D eigenvalue weighted by molar-refractivity contribution is -0.125. The van der Waals surface area contributed by atoms with Crippen molar-refractivity contribution in [2.45, 2.75) is 13.0 Å². The molecule has 0 aromatic heterocycles. The molecule has 9 heteroatoms. The van der Waals surface area contributed by atoms with Crippen LogP contribution in [0.1, 0.15) is 28.9 Å². The van der Waals surface area contributed by atoms with E-state index in [9.17, 15) is 23.2 Å². The van der Waals surface area contributed by atoms with E-state index in [1.807, 2.05) is 37.3 Å². The molecule has 1 N–H and O–H groups in total. The molecular formula is C26H22F2N2O5. The minimum atomic E-state index is -0.927. The zero-order valence-electron chi connectivity index (χ0n) is 18.8. The van der Waals surface area contributed by atoms with E-state index in [1.165, 1.54) is 23.1 Å². The van der Waals surface area contributed by atoms with Crippen LogP contribution < -0.4 is 19.7 Å². The maximum absolute atomic E-state index is 13.8. The van der Waals surface area contributed by atoms with Crippen LogP contribution in [0.2, 0.25) is 0 Å². The molecular weight excluding hydrogens is 458 g/mol. The second-order valence-electron chi connectivity index (χ2n) is 7.94. The summed E-state index contributed by atoms with van der Waals surface area (Å²) < 4.78 is 37.4. The van der Waals surface area contributed by atoms with Gasteiger partial charge in [-0.2, -0.15) is 0 Å². The number of nitrogens with one attached hydrogen (secondary N) is 1. The van der Waals surface area contributed by atoms with Crippen LogP contribution in [0.4, 0.5) is 14.5 Å². The van der Waals surface area contributed by atoms with Crippen molar-refractivity contribution in [1.82, 2.24) is 5.32 Å². The molecule has 0 bridgehead atoms. The van der Waals surface area contributed by atoms with Crippen LogP contribution in [-0.2, 0) is 9.59 Å². The molecule has 1 aliphatic heterocycles. The molecule has 1 heterocycles. The molecule has 0 saturated heterocycles. The maximum Gasteiger partial charge on any atom is 0.265 e. The van der Waals surface area contributed by atoms with Gasteiger partial charge in [0.25, 0.3) is 5.91 Å². The van der Waals surface area contributed by atoms with Crippen molar-refractivity contribution in [3.8, 4) is 11.5 Å². The fourth-order valence-corrected chi connectivity index (χ4v) is 3.62. The minimum absolute atomic E-state index is 0.174. The number of carbonyl (C=O) groups is 3. The first-order chi connectivity index (χ1) is 16.8. The standard InChI is InChI=1S/C26H22F2N2O5/c1-16(17-5-3-2-4-6-17)29-25(32)13-30-21-11-18(7-9-24(21)35-15-26(30)33)22(31)14-34-23-10-8-19(27)12-20(23)28/h2-12,16H,13-15H2,1H3,(H,29,32)/t16-/m0/s1. The van der Waals surface area contributed by atoms with Crippen molar-refractivity contribution < 1.29 is 32.6 Å². The van der Waals surface area contributed by atoms with E-state index in [0.29, 0.717) is 11.8 Å². The van der Waals surface area contributed by atoms with Crippen LogP contribution in [0, 0.1) is 11.6 Å². The Hall–Kier alpha value is -4.27. The van der Waals surface area contributed by atoms with Gasteiger partial charge in [0.15, 0.2) is 30.6 Å². The Balaban J connectivity index is 1.46. The second kappa shape index (κ2) is 10.3. The summed E-state index contributed by atoms with van der Waals surface area (Å²) in [6, 6.07) is 16.3. The van der Waals surface area contributed by atoms with Gasteiger partial charge in [-0.05, 0) is 42.8 Å². The predicted molar refractivity (Wildman–Crippen MR) is 123 cm³/mol. The Labute approximate surface area is 200 Å². The molecule has 1 atom stereocenters. The number of amides is 2. The highest BCUT2D eigenvalue weighted by atomic mass is 19.1. The maximum atomic E-state index is 13.8. The Morgan fingerprint density at radius 2 is 1.86 bits per heavy atom. The molecule has 3 aromatic carbocycles. The number of benzene rings is 3. The summed E-state index contributed by atoms with van der Waals surface area (Å²) in [6.45, 7) is 0.824. The van der Waals surface area contributed by atoms with Gasteiger partial charge in [-0.1, -0.05) is 30.3 Å². The number of hydrogen-bond donors (Lipinski definition) is 1. The highest BCUT2D eigenvalue weighted by molar-refractivity contribution is 6.04. The number of carbonyl (C=O) groups excluding carboxylic acids is 3. The van der Waals surface area contributed by atoms with Crippen LogP contribution >= 0.6 is 0 Å². The Morgan fingerprint density at radius 3 is 2.60 bits per heavy atom. The number of ketones is 1. The predicted octanol–water partition coefficient (Wildman–Crippen LogP) is 3.83. The van der Waals surface area contributed by atoms with Crippen LogP contribution in [0.25, 0.3) is 0 Å². The molecule has 0 aliphatic carbocycles. The second-order valence-corrected chi connectivity index (χ2v) is 7.94. The van der Waals surface area contributed by atoms with Crippen molar-refractivity contribution in [3.05, 3.63) is 89.5 Å². The normalized spacial score (nSPS) is 13.5. The minimum Gasteiger partial charge on any atom is -0.482 e. The summed E-state index contributed by atoms with van der Waals surface area (Å²) >= 11 is 0. The van der Waals surface area contributed by atoms with Gasteiger partial charge in [-0.3, -0.25) is 19.3 Å². The van der Waals surface area contributed by atoms with E-state index < -0.39 is 29.9 Å². The zero-order valence-corrected chi connectivity index (χ0v) is 18.8. The average Bonchev–Trinajstić information content (AvgIpc) is 2.85. The van der Waals surface area contributed by atoms with E-state index in [1.54, 1.807) is 0 Å². The molecule has 3 aromatic rings. The van der Waals surface area contributed by atoms with Crippen molar-refractivity contribution in [1.29, 1.82) is 0 Å². The molecule has 4 rings (SSSR count). The van der Waals surface area contributed by atoms with Crippen LogP contribution in [0.3, 0.4) is 0 Å². The van der Waals surface area contributed by atoms with Gasteiger partial charge >= 0.3 is 0 Å². The number of nitrogens with zero attached hydrogens (tertiary/aromatic N) is 1. The number of Topliss-reactive ketones (excluding diaryl/α,β-unsaturated/α-hetero) is 1. The van der Waals surface area contributed by atoms with Gasteiger partial charge in [0.1, 0.15) is 18.1 Å². The van der Waals surface area contributed by atoms with Crippen LogP contribution in [-0.4, -0.2) is 37.4 Å². The van der Waals surface area contributed by atoms with Gasteiger partial charge in [0.2, 0.25) is 5.91 Å². The quantitative estimate of drug-likeness (QED) is 0.496. The van der Waals surface area contributed by atoms with Crippen LogP contribution in [0.15, 0.2) is 66.7 Å². The molecule has 35 heavy (non-hydrogen) atoms. The van der Waals surface area contributed by atoms with Gasteiger partial charge in [-0.25, -0.2) is 8.78 Å². The smallest absolute Gasteiger partial charge is 0.265 e. The van der Waals surface area contributed by atoms with Crippen molar-refractivity contribution in [2.75, 3.05) is 24.7 Å². The lowest BCUT2D eigenvalue weighted by atomic mass is 10.1. The molecule has 0 spiro atoms. The topological polar surface area (TPSA) is 84.9 Å². The third-order valence-electron chi connectivity index (χ3n) is 5.46. The summed E-state index contributed by atoms with van der Waals surface area (Å²) in [7, 11) is 0. The lowest BCUT2D eigenvalue weighted by Crippen LogP contribution is -2.45. The summed E-state index contributed by atoms with van der Waals surface area (Å²) in [6.07, 6.45) is 0. The number of hydrogen-bond acceptors (Lipinski definition) is 5. The molecule has 0 fully saturated rings. The van der Waals surface area contributed by atoms with Crippen molar-refractivity contribution in [3.63, 3.8) is 0 Å². The SMILES string of the molecule is C[C@H](NC(=O)CN1C(=O)COc2ccc(C(=O)COc3ccc(F)cc3F)cc21)c1ccccc1. The molecule has 0 unspecified atom stereocenters. The fraction of sp³-hybridized carbons (Fsp3) is 0.192. The monoisotopic (exact) mass is 480 g/mol. The van der Waals surface area contributed by atoms with E-state index in [2.05, 4.69) is 5.32 Å². The molecule has 7 nitrogen and oxygen atoms in total. The van der Waals surface area contributed by atoms with E-state index >= 15 is 0 Å². The largest absolute Gasteiger partial charge is 0.482 e. The lowest BCUT2D eigenvalue weighted by Gasteiger charge is -2.29. The van der Waals surface area contributed by atoms with Gasteiger partial charge in [0.05, 0.1) is 11.7 Å². The summed E-state index contributed by atoms with van der Waals surface area (Å²) in [5.74, 6) is -2.93. The first kappa shape index (κ1) is 23.9. The van der Waals surface area contributed by atoms with Gasteiger partial charge < -0.3 is 14.8 Å². The number of ether oxygens (including phenoxy) is 2. The first-order valence-electron chi connectivity index (χ1n) is 10.8. The third-order valence-corrected chi connectivity index (χ3v) is 5.46. The highest BCUT2D eigenvalue weighted by Crippen LogP contribution is 2.33. The molecule has 2 amide bonds. The van der Waals surface area contributed by atoms with Crippen molar-refractivity contribution >= 4 is 23.3 Å². The molecule has 0 radical (unpaired) electrons. The average molecular weight is 480 g/mol. The van der Waals surface area contributed by atoms with E-state index in [0.717, 1.165) is 17.7 Å². The fourth-order valence-electron chi connectivity index (χ4n) is 3.62. The number of rotatable bonds is 8. The highest BCUT2D eigenvalue weighted by Gasteiger charge is 2.29. The van der Waals surface area contributed by atoms with Crippen LogP contribution in [0.5, 0.6) is 11.5 Å². The summed E-state index contributed by atoms with van der Waals surface area (Å²) in [5.41, 5.74) is 1.36. The van der Waals surface area contributed by atoms with E-state index in [-0.39, 0.29) is 42.1 Å². The third kappa shape index (κ3) is 5.63. The molecule has 180 valence electrons. The van der Waals surface area contributed by atoms with E-state index in [4.69, 9.17) is 9.47 Å². The Kier molecular flexibility index (Phi) is 7.05. The first-order valence-corrected chi connectivity index (χ1v) is 10.8. The number of anilines is 1. The summed E-state index contributed by atoms with van der Waals surface area (Å²) in [5, 5.41) is 2.86. The number of fused-ring (bicyclic) bond motifs is 1. The van der Waals surface area contributed by atoms with Gasteiger partial charge in [-0.15, -0.1) is 0 Å². The molecule has 1 aliphatic rings. The summed E-state index contributed by atoms with van der Waals surface area (Å²) in [4.78, 5) is 39.1. The van der Waals surface area contributed by atoms with Gasteiger partial charge in [0, 0.05) is 11.6 Å².